The van der Waals surface area contributed by atoms with E-state index < -0.39 is 0 Å². The number of aliphatic hydroxyl groups excluding tert-OH is 1. The Hall–Kier alpha value is -0.870. The van der Waals surface area contributed by atoms with E-state index in [1.54, 1.807) is 0 Å². The summed E-state index contributed by atoms with van der Waals surface area (Å²) < 4.78 is 2.35. The summed E-state index contributed by atoms with van der Waals surface area (Å²) in [6.45, 7) is 1.81. The SMILES string of the molecule is NCC1(c2nc(CO)c3n2CCCC3)CCC1. The van der Waals surface area contributed by atoms with Gasteiger partial charge in [0.1, 0.15) is 5.82 Å². The van der Waals surface area contributed by atoms with Crippen molar-refractivity contribution in [3.63, 3.8) is 0 Å². The van der Waals surface area contributed by atoms with Gasteiger partial charge in [-0.15, -0.1) is 0 Å². The summed E-state index contributed by atoms with van der Waals surface area (Å²) in [7, 11) is 0. The maximum atomic E-state index is 9.43. The third-order valence-electron chi connectivity index (χ3n) is 4.53. The summed E-state index contributed by atoms with van der Waals surface area (Å²) in [4.78, 5) is 4.71. The molecule has 94 valence electrons. The number of rotatable bonds is 3. The van der Waals surface area contributed by atoms with Gasteiger partial charge in [0.25, 0.3) is 0 Å². The predicted octanol–water partition coefficient (Wildman–Crippen LogP) is 1.09. The highest BCUT2D eigenvalue weighted by atomic mass is 16.3. The van der Waals surface area contributed by atoms with Crippen LogP contribution >= 0.6 is 0 Å². The maximum Gasteiger partial charge on any atom is 0.116 e. The van der Waals surface area contributed by atoms with Gasteiger partial charge in [0.15, 0.2) is 0 Å². The van der Waals surface area contributed by atoms with Crippen LogP contribution in [0.15, 0.2) is 0 Å². The summed E-state index contributed by atoms with van der Waals surface area (Å²) >= 11 is 0. The van der Waals surface area contributed by atoms with Gasteiger partial charge in [-0.05, 0) is 32.1 Å². The van der Waals surface area contributed by atoms with Crippen LogP contribution in [0.4, 0.5) is 0 Å². The third kappa shape index (κ3) is 1.54. The molecule has 0 amide bonds. The average Bonchev–Trinajstić information content (AvgIpc) is 2.68. The van der Waals surface area contributed by atoms with Gasteiger partial charge in [-0.3, -0.25) is 0 Å². The Morgan fingerprint density at radius 1 is 1.29 bits per heavy atom. The molecule has 1 aliphatic carbocycles. The van der Waals surface area contributed by atoms with Crippen molar-refractivity contribution in [2.24, 2.45) is 5.73 Å². The number of fused-ring (bicyclic) bond motifs is 1. The number of aromatic nitrogens is 2. The zero-order valence-electron chi connectivity index (χ0n) is 10.3. The monoisotopic (exact) mass is 235 g/mol. The number of nitrogens with zero attached hydrogens (tertiary/aromatic N) is 2. The first-order valence-corrected chi connectivity index (χ1v) is 6.70. The summed E-state index contributed by atoms with van der Waals surface area (Å²) in [5.41, 5.74) is 8.23. The minimum absolute atomic E-state index is 0.0655. The van der Waals surface area contributed by atoms with Gasteiger partial charge < -0.3 is 15.4 Å². The number of hydrogen-bond acceptors (Lipinski definition) is 3. The topological polar surface area (TPSA) is 64.1 Å². The van der Waals surface area contributed by atoms with Crippen LogP contribution < -0.4 is 5.73 Å². The molecule has 17 heavy (non-hydrogen) atoms. The van der Waals surface area contributed by atoms with E-state index in [0.717, 1.165) is 37.3 Å². The van der Waals surface area contributed by atoms with Gasteiger partial charge in [-0.1, -0.05) is 6.42 Å². The Balaban J connectivity index is 2.07. The van der Waals surface area contributed by atoms with Gasteiger partial charge >= 0.3 is 0 Å². The molecule has 0 bridgehead atoms. The lowest BCUT2D eigenvalue weighted by Gasteiger charge is -2.41. The first-order valence-electron chi connectivity index (χ1n) is 6.70. The molecule has 0 atom stereocenters. The lowest BCUT2D eigenvalue weighted by atomic mass is 9.68. The molecule has 0 saturated heterocycles. The van der Waals surface area contributed by atoms with E-state index in [4.69, 9.17) is 10.7 Å². The number of nitrogens with two attached hydrogens (primary N) is 1. The number of hydrogen-bond donors (Lipinski definition) is 2. The Labute approximate surface area is 102 Å². The molecule has 0 aromatic carbocycles. The zero-order valence-corrected chi connectivity index (χ0v) is 10.3. The van der Waals surface area contributed by atoms with Crippen LogP contribution in [-0.4, -0.2) is 21.2 Å². The van der Waals surface area contributed by atoms with Gasteiger partial charge in [0.2, 0.25) is 0 Å². The molecule has 4 nitrogen and oxygen atoms in total. The second-order valence-electron chi connectivity index (χ2n) is 5.43. The Morgan fingerprint density at radius 2 is 2.12 bits per heavy atom. The number of imidazole rings is 1. The molecule has 1 aliphatic heterocycles. The van der Waals surface area contributed by atoms with Crippen LogP contribution in [0.3, 0.4) is 0 Å². The minimum atomic E-state index is 0.0655. The fourth-order valence-corrected chi connectivity index (χ4v) is 3.27. The smallest absolute Gasteiger partial charge is 0.116 e. The van der Waals surface area contributed by atoms with E-state index in [9.17, 15) is 5.11 Å². The molecule has 4 heteroatoms. The van der Waals surface area contributed by atoms with E-state index >= 15 is 0 Å². The highest BCUT2D eigenvalue weighted by molar-refractivity contribution is 5.26. The predicted molar refractivity (Wildman–Crippen MR) is 65.7 cm³/mol. The molecule has 2 aliphatic rings. The average molecular weight is 235 g/mol. The third-order valence-corrected chi connectivity index (χ3v) is 4.53. The van der Waals surface area contributed by atoms with Gasteiger partial charge in [-0.2, -0.15) is 0 Å². The fraction of sp³-hybridized carbons (Fsp3) is 0.769. The van der Waals surface area contributed by atoms with Crippen molar-refractivity contribution in [2.45, 2.75) is 57.1 Å². The van der Waals surface area contributed by atoms with Gasteiger partial charge in [0, 0.05) is 24.2 Å². The molecule has 1 aromatic rings. The molecule has 1 aromatic heterocycles. The van der Waals surface area contributed by atoms with Crippen molar-refractivity contribution in [3.8, 4) is 0 Å². The lowest BCUT2D eigenvalue weighted by molar-refractivity contribution is 0.226. The van der Waals surface area contributed by atoms with Crippen molar-refractivity contribution in [3.05, 3.63) is 17.2 Å². The normalized spacial score (nSPS) is 22.0. The highest BCUT2D eigenvalue weighted by Crippen LogP contribution is 2.43. The quantitative estimate of drug-likeness (QED) is 0.824. The number of aliphatic hydroxyl groups is 1. The van der Waals surface area contributed by atoms with Crippen molar-refractivity contribution < 1.29 is 5.11 Å². The maximum absolute atomic E-state index is 9.43. The zero-order chi connectivity index (χ0) is 11.9. The van der Waals surface area contributed by atoms with E-state index in [-0.39, 0.29) is 12.0 Å². The second-order valence-corrected chi connectivity index (χ2v) is 5.43. The Morgan fingerprint density at radius 3 is 2.71 bits per heavy atom. The van der Waals surface area contributed by atoms with E-state index in [1.165, 1.54) is 25.0 Å². The standard InChI is InChI=1S/C13H21N3O/c14-9-13(5-3-6-13)12-15-10(8-17)11-4-1-2-7-16(11)12/h17H,1-9,14H2. The molecule has 1 saturated carbocycles. The molecular weight excluding hydrogens is 214 g/mol. The fourth-order valence-electron chi connectivity index (χ4n) is 3.27. The van der Waals surface area contributed by atoms with Crippen LogP contribution in [0.2, 0.25) is 0 Å². The largest absolute Gasteiger partial charge is 0.390 e. The highest BCUT2D eigenvalue weighted by Gasteiger charge is 2.42. The van der Waals surface area contributed by atoms with Crippen molar-refractivity contribution >= 4 is 0 Å². The molecule has 0 radical (unpaired) electrons. The summed E-state index contributed by atoms with van der Waals surface area (Å²) in [6, 6.07) is 0. The summed E-state index contributed by atoms with van der Waals surface area (Å²) in [5.74, 6) is 1.16. The summed E-state index contributed by atoms with van der Waals surface area (Å²) in [6.07, 6.45) is 7.07. The molecule has 3 rings (SSSR count). The lowest BCUT2D eigenvalue weighted by Crippen LogP contribution is -2.44. The molecular formula is C13H21N3O. The van der Waals surface area contributed by atoms with Gasteiger partial charge in [0.05, 0.1) is 12.3 Å². The molecule has 1 fully saturated rings. The van der Waals surface area contributed by atoms with E-state index in [0.29, 0.717) is 6.54 Å². The molecule has 0 spiro atoms. The van der Waals surface area contributed by atoms with Gasteiger partial charge in [-0.25, -0.2) is 4.98 Å². The van der Waals surface area contributed by atoms with Crippen molar-refractivity contribution in [1.82, 2.24) is 9.55 Å². The van der Waals surface area contributed by atoms with E-state index in [1.807, 2.05) is 0 Å². The van der Waals surface area contributed by atoms with Crippen molar-refractivity contribution in [1.29, 1.82) is 0 Å². The van der Waals surface area contributed by atoms with E-state index in [2.05, 4.69) is 4.57 Å². The molecule has 3 N–H and O–H groups in total. The minimum Gasteiger partial charge on any atom is -0.390 e. The van der Waals surface area contributed by atoms with Crippen LogP contribution in [0.5, 0.6) is 0 Å². The van der Waals surface area contributed by atoms with Crippen LogP contribution in [0.25, 0.3) is 0 Å². The summed E-state index contributed by atoms with van der Waals surface area (Å²) in [5, 5.41) is 9.43. The Kier molecular flexibility index (Phi) is 2.71. The van der Waals surface area contributed by atoms with Crippen LogP contribution in [-0.2, 0) is 25.0 Å². The second kappa shape index (κ2) is 4.10. The van der Waals surface area contributed by atoms with Crippen molar-refractivity contribution in [2.75, 3.05) is 6.54 Å². The molecule has 0 unspecified atom stereocenters. The Bertz CT molecular complexity index is 415. The first-order chi connectivity index (χ1) is 8.30. The first kappa shape index (κ1) is 11.2. The van der Waals surface area contributed by atoms with Crippen LogP contribution in [0, 0.1) is 0 Å². The van der Waals surface area contributed by atoms with Crippen LogP contribution in [0.1, 0.15) is 49.3 Å². The molecule has 2 heterocycles.